The highest BCUT2D eigenvalue weighted by atomic mass is 16.6. The molecule has 0 aliphatic rings. The van der Waals surface area contributed by atoms with Crippen LogP contribution in [0.1, 0.15) is 284 Å². The first-order chi connectivity index (χ1) is 39.5. The molecular formula is C74H120O6. The highest BCUT2D eigenvalue weighted by Gasteiger charge is 2.19. The molecule has 6 nitrogen and oxygen atoms in total. The number of allylic oxidation sites excluding steroid dienone is 24. The monoisotopic (exact) mass is 1100 g/mol. The molecule has 0 fully saturated rings. The van der Waals surface area contributed by atoms with Crippen molar-refractivity contribution in [1.29, 1.82) is 0 Å². The van der Waals surface area contributed by atoms with Crippen LogP contribution in [0.2, 0.25) is 0 Å². The van der Waals surface area contributed by atoms with Crippen LogP contribution in [-0.4, -0.2) is 37.2 Å². The number of esters is 3. The second kappa shape index (κ2) is 66.8. The third kappa shape index (κ3) is 64.1. The Kier molecular flexibility index (Phi) is 62.9. The first-order valence-electron chi connectivity index (χ1n) is 32.8. The Hall–Kier alpha value is -4.71. The number of hydrogen-bond donors (Lipinski definition) is 0. The van der Waals surface area contributed by atoms with E-state index in [1.165, 1.54) is 89.9 Å². The molecule has 0 saturated carbocycles. The fourth-order valence-electron chi connectivity index (χ4n) is 8.74. The Morgan fingerprint density at radius 3 is 0.762 bits per heavy atom. The summed E-state index contributed by atoms with van der Waals surface area (Å²) >= 11 is 0. The maximum atomic E-state index is 12.8. The van der Waals surface area contributed by atoms with Crippen LogP contribution in [0.4, 0.5) is 0 Å². The first-order valence-corrected chi connectivity index (χ1v) is 32.8. The smallest absolute Gasteiger partial charge is 0.306 e. The summed E-state index contributed by atoms with van der Waals surface area (Å²) in [5.74, 6) is -0.918. The standard InChI is InChI=1S/C74H120O6/c1-4-7-10-13-16-18-20-22-24-26-28-30-31-32-33-34-35-36-37-38-39-40-41-42-43-45-46-48-50-52-54-56-58-61-64-67-73(76)79-70-71(69-78-72(75)66-63-60-15-12-9-6-3)80-74(77)68-65-62-59-57-55-53-51-49-47-44-29-27-25-23-21-19-17-14-11-8-5-2/h7-8,10-11,16-19,22-25,28-30,32-33,35-36,38-39,44,49,51,71H,4-6,9,12-15,20-21,26-27,31,34,37,40-43,45-48,50,52-70H2,1-3H3/b10-7-,11-8-,18-16-,19-17-,24-22-,25-23-,30-28-,33-32-,36-35-,39-38-,44-29-,51-49-. The van der Waals surface area contributed by atoms with Gasteiger partial charge in [0, 0.05) is 19.3 Å². The average molecular weight is 1110 g/mol. The van der Waals surface area contributed by atoms with Crippen molar-refractivity contribution in [3.05, 3.63) is 146 Å². The minimum absolute atomic E-state index is 0.0887. The predicted molar refractivity (Wildman–Crippen MR) is 348 cm³/mol. The lowest BCUT2D eigenvalue weighted by Crippen LogP contribution is -2.30. The summed E-state index contributed by atoms with van der Waals surface area (Å²) < 4.78 is 16.8. The Morgan fingerprint density at radius 2 is 0.487 bits per heavy atom. The summed E-state index contributed by atoms with van der Waals surface area (Å²) in [5.41, 5.74) is 0. The molecule has 0 amide bonds. The molecule has 0 aliphatic heterocycles. The summed E-state index contributed by atoms with van der Waals surface area (Å²) in [6, 6.07) is 0. The van der Waals surface area contributed by atoms with E-state index in [1.54, 1.807) is 0 Å². The number of rotatable bonds is 58. The molecule has 0 aromatic carbocycles. The van der Waals surface area contributed by atoms with Gasteiger partial charge in [-0.3, -0.25) is 14.4 Å². The highest BCUT2D eigenvalue weighted by Crippen LogP contribution is 2.16. The van der Waals surface area contributed by atoms with Crippen LogP contribution < -0.4 is 0 Å². The molecule has 0 aliphatic carbocycles. The van der Waals surface area contributed by atoms with Gasteiger partial charge in [-0.1, -0.05) is 289 Å². The lowest BCUT2D eigenvalue weighted by atomic mass is 10.0. The molecule has 452 valence electrons. The van der Waals surface area contributed by atoms with Crippen molar-refractivity contribution in [2.45, 2.75) is 290 Å². The van der Waals surface area contributed by atoms with Gasteiger partial charge in [-0.2, -0.15) is 0 Å². The lowest BCUT2D eigenvalue weighted by molar-refractivity contribution is -0.167. The van der Waals surface area contributed by atoms with Crippen molar-refractivity contribution in [1.82, 2.24) is 0 Å². The number of ether oxygens (including phenoxy) is 3. The van der Waals surface area contributed by atoms with E-state index in [2.05, 4.69) is 167 Å². The van der Waals surface area contributed by atoms with Gasteiger partial charge >= 0.3 is 17.9 Å². The zero-order valence-electron chi connectivity index (χ0n) is 51.8. The fourth-order valence-corrected chi connectivity index (χ4v) is 8.74. The number of hydrogen-bond acceptors (Lipinski definition) is 6. The molecule has 0 N–H and O–H groups in total. The van der Waals surface area contributed by atoms with E-state index in [0.717, 1.165) is 154 Å². The SMILES string of the molecule is CC/C=C\C/C=C\C/C=C\C/C=C\C/C=C\C/C=C\C/C=C\CCCCCCCCCCCCCCCC(=O)OCC(COC(=O)CCCCCCCC)OC(=O)CCCCCCC/C=C\C/C=C\C/C=C\C/C=C\C/C=C\CC. The highest BCUT2D eigenvalue weighted by molar-refractivity contribution is 5.71. The second-order valence-corrected chi connectivity index (χ2v) is 21.3. The van der Waals surface area contributed by atoms with Gasteiger partial charge in [0.1, 0.15) is 13.2 Å². The van der Waals surface area contributed by atoms with Crippen molar-refractivity contribution >= 4 is 17.9 Å². The Morgan fingerprint density at radius 1 is 0.263 bits per heavy atom. The van der Waals surface area contributed by atoms with Crippen molar-refractivity contribution in [3.63, 3.8) is 0 Å². The number of carbonyl (C=O) groups excluding carboxylic acids is 3. The van der Waals surface area contributed by atoms with E-state index in [0.29, 0.717) is 19.3 Å². The molecule has 0 radical (unpaired) electrons. The summed E-state index contributed by atoms with van der Waals surface area (Å²) in [6.07, 6.45) is 96.1. The molecule has 0 saturated heterocycles. The zero-order valence-corrected chi connectivity index (χ0v) is 51.8. The Bertz CT molecular complexity index is 1750. The van der Waals surface area contributed by atoms with Gasteiger partial charge in [-0.05, 0) is 122 Å². The van der Waals surface area contributed by atoms with Crippen molar-refractivity contribution in [2.75, 3.05) is 13.2 Å². The normalized spacial score (nSPS) is 13.1. The maximum Gasteiger partial charge on any atom is 0.306 e. The van der Waals surface area contributed by atoms with E-state index < -0.39 is 6.10 Å². The molecule has 1 atom stereocenters. The molecule has 6 heteroatoms. The first kappa shape index (κ1) is 75.3. The van der Waals surface area contributed by atoms with Crippen LogP contribution in [-0.2, 0) is 28.6 Å². The van der Waals surface area contributed by atoms with Crippen LogP contribution >= 0.6 is 0 Å². The third-order valence-electron chi connectivity index (χ3n) is 13.6. The molecule has 0 rings (SSSR count). The van der Waals surface area contributed by atoms with Crippen molar-refractivity contribution in [3.8, 4) is 0 Å². The molecule has 0 spiro atoms. The van der Waals surface area contributed by atoms with E-state index in [9.17, 15) is 14.4 Å². The minimum atomic E-state index is -0.790. The fraction of sp³-hybridized carbons (Fsp3) is 0.635. The van der Waals surface area contributed by atoms with Crippen LogP contribution in [0.3, 0.4) is 0 Å². The topological polar surface area (TPSA) is 78.9 Å². The predicted octanol–water partition coefficient (Wildman–Crippen LogP) is 22.7. The summed E-state index contributed by atoms with van der Waals surface area (Å²) in [6.45, 7) is 6.34. The van der Waals surface area contributed by atoms with Gasteiger partial charge in [-0.25, -0.2) is 0 Å². The Balaban J connectivity index is 4.09. The molecule has 0 aromatic heterocycles. The molecule has 0 aromatic rings. The second-order valence-electron chi connectivity index (χ2n) is 21.3. The van der Waals surface area contributed by atoms with Gasteiger partial charge in [-0.15, -0.1) is 0 Å². The molecule has 0 bridgehead atoms. The largest absolute Gasteiger partial charge is 0.462 e. The molecule has 80 heavy (non-hydrogen) atoms. The zero-order chi connectivity index (χ0) is 57.8. The van der Waals surface area contributed by atoms with E-state index in [1.807, 2.05) is 0 Å². The van der Waals surface area contributed by atoms with Crippen LogP contribution in [0.5, 0.6) is 0 Å². The van der Waals surface area contributed by atoms with Gasteiger partial charge < -0.3 is 14.2 Å². The van der Waals surface area contributed by atoms with Gasteiger partial charge in [0.25, 0.3) is 0 Å². The molecular weight excluding hydrogens is 985 g/mol. The van der Waals surface area contributed by atoms with Crippen molar-refractivity contribution in [2.24, 2.45) is 0 Å². The van der Waals surface area contributed by atoms with E-state index in [-0.39, 0.29) is 31.1 Å². The quantitative estimate of drug-likeness (QED) is 0.0261. The summed E-state index contributed by atoms with van der Waals surface area (Å²) in [5, 5.41) is 0. The summed E-state index contributed by atoms with van der Waals surface area (Å²) in [7, 11) is 0. The lowest BCUT2D eigenvalue weighted by Gasteiger charge is -2.18. The molecule has 1 unspecified atom stereocenters. The van der Waals surface area contributed by atoms with Crippen LogP contribution in [0.15, 0.2) is 146 Å². The van der Waals surface area contributed by atoms with Gasteiger partial charge in [0.15, 0.2) is 6.10 Å². The third-order valence-corrected chi connectivity index (χ3v) is 13.6. The van der Waals surface area contributed by atoms with E-state index in [4.69, 9.17) is 14.2 Å². The van der Waals surface area contributed by atoms with Gasteiger partial charge in [0.05, 0.1) is 0 Å². The van der Waals surface area contributed by atoms with Gasteiger partial charge in [0.2, 0.25) is 0 Å². The molecule has 0 heterocycles. The van der Waals surface area contributed by atoms with E-state index >= 15 is 0 Å². The summed E-state index contributed by atoms with van der Waals surface area (Å²) in [4.78, 5) is 38.0. The minimum Gasteiger partial charge on any atom is -0.462 e. The number of unbranched alkanes of at least 4 members (excludes halogenated alkanes) is 23. The average Bonchev–Trinajstić information content (AvgIpc) is 3.46. The Labute approximate surface area is 493 Å². The van der Waals surface area contributed by atoms with Crippen LogP contribution in [0, 0.1) is 0 Å². The van der Waals surface area contributed by atoms with Crippen LogP contribution in [0.25, 0.3) is 0 Å². The maximum absolute atomic E-state index is 12.8. The number of carbonyl (C=O) groups is 3. The van der Waals surface area contributed by atoms with Crippen molar-refractivity contribution < 1.29 is 28.6 Å².